The summed E-state index contributed by atoms with van der Waals surface area (Å²) in [5.41, 5.74) is 0.864. The maximum atomic E-state index is 12.7. The van der Waals surface area contributed by atoms with E-state index >= 15 is 0 Å². The number of aromatic nitrogens is 1. The van der Waals surface area contributed by atoms with E-state index in [4.69, 9.17) is 0 Å². The molecule has 1 N–H and O–H groups in total. The molecule has 0 bridgehead atoms. The molecule has 2 fully saturated rings. The molecular weight excluding hydrogens is 330 g/mol. The van der Waals surface area contributed by atoms with Gasteiger partial charge in [-0.15, -0.1) is 11.3 Å². The minimum absolute atomic E-state index is 0.00238. The summed E-state index contributed by atoms with van der Waals surface area (Å²) in [7, 11) is 0. The van der Waals surface area contributed by atoms with Crippen LogP contribution in [0.3, 0.4) is 0 Å². The number of nitrogens with zero attached hydrogens (tertiary/aromatic N) is 2. The molecule has 1 aliphatic heterocycles. The monoisotopic (exact) mass is 363 g/mol. The second-order valence-corrected chi connectivity index (χ2v) is 9.78. The third-order valence-corrected chi connectivity index (χ3v) is 7.12. The van der Waals surface area contributed by atoms with Gasteiger partial charge in [0.05, 0.1) is 10.7 Å². The molecule has 4 nitrogen and oxygen atoms in total. The Hall–Kier alpha value is -0.940. The molecule has 140 valence electrons. The van der Waals surface area contributed by atoms with Crippen molar-refractivity contribution in [1.29, 1.82) is 0 Å². The van der Waals surface area contributed by atoms with Gasteiger partial charge in [0.2, 0.25) is 0 Å². The predicted molar refractivity (Wildman–Crippen MR) is 104 cm³/mol. The molecular formula is C20H33N3OS. The van der Waals surface area contributed by atoms with Crippen LogP contribution in [0.15, 0.2) is 0 Å². The van der Waals surface area contributed by atoms with Crippen molar-refractivity contribution in [1.82, 2.24) is 15.2 Å². The number of rotatable bonds is 3. The fourth-order valence-electron chi connectivity index (χ4n) is 4.04. The Morgan fingerprint density at radius 2 is 1.84 bits per heavy atom. The molecule has 2 aliphatic rings. The first-order valence-corrected chi connectivity index (χ1v) is 10.7. The lowest BCUT2D eigenvalue weighted by Crippen LogP contribution is -2.39. The van der Waals surface area contributed by atoms with Gasteiger partial charge in [-0.2, -0.15) is 0 Å². The number of nitrogens with one attached hydrogen (secondary N) is 1. The van der Waals surface area contributed by atoms with Crippen molar-refractivity contribution in [2.24, 2.45) is 0 Å². The second-order valence-electron chi connectivity index (χ2n) is 8.78. The summed E-state index contributed by atoms with van der Waals surface area (Å²) in [5.74, 6) is 0.0678. The average Bonchev–Trinajstić information content (AvgIpc) is 3.06. The van der Waals surface area contributed by atoms with Crippen molar-refractivity contribution in [3.63, 3.8) is 0 Å². The van der Waals surface area contributed by atoms with E-state index in [1.54, 1.807) is 11.3 Å². The van der Waals surface area contributed by atoms with E-state index in [1.807, 2.05) is 6.92 Å². The molecule has 0 aromatic carbocycles. The average molecular weight is 364 g/mol. The van der Waals surface area contributed by atoms with Crippen LogP contribution in [-0.4, -0.2) is 41.0 Å². The van der Waals surface area contributed by atoms with Gasteiger partial charge < -0.3 is 5.32 Å². The molecule has 1 aliphatic carbocycles. The SMILES string of the molecule is Cc1nc(C(C)(C)C)sc1C(=O)N[C@@H]1CCN(C2CCCCCC2)C1. The fourth-order valence-corrected chi connectivity index (χ4v) is 5.07. The quantitative estimate of drug-likeness (QED) is 0.816. The molecule has 1 saturated carbocycles. The Bertz CT molecular complexity index is 597. The van der Waals surface area contributed by atoms with Crippen LogP contribution in [0.4, 0.5) is 0 Å². The maximum Gasteiger partial charge on any atom is 0.263 e. The van der Waals surface area contributed by atoms with E-state index in [0.717, 1.165) is 41.1 Å². The minimum atomic E-state index is -0.00238. The van der Waals surface area contributed by atoms with Crippen molar-refractivity contribution >= 4 is 17.2 Å². The van der Waals surface area contributed by atoms with E-state index in [2.05, 4.69) is 36.0 Å². The molecule has 1 saturated heterocycles. The number of hydrogen-bond donors (Lipinski definition) is 1. The zero-order valence-corrected chi connectivity index (χ0v) is 17.0. The van der Waals surface area contributed by atoms with Crippen LogP contribution in [0.5, 0.6) is 0 Å². The largest absolute Gasteiger partial charge is 0.347 e. The van der Waals surface area contributed by atoms with Crippen LogP contribution in [-0.2, 0) is 5.41 Å². The highest BCUT2D eigenvalue weighted by Crippen LogP contribution is 2.30. The summed E-state index contributed by atoms with van der Waals surface area (Å²) in [4.78, 5) is 20.8. The van der Waals surface area contributed by atoms with Gasteiger partial charge >= 0.3 is 0 Å². The summed E-state index contributed by atoms with van der Waals surface area (Å²) < 4.78 is 0. The summed E-state index contributed by atoms with van der Waals surface area (Å²) in [6.45, 7) is 10.5. The van der Waals surface area contributed by atoms with Crippen LogP contribution >= 0.6 is 11.3 Å². The van der Waals surface area contributed by atoms with Crippen molar-refractivity contribution in [2.45, 2.75) is 90.1 Å². The van der Waals surface area contributed by atoms with Gasteiger partial charge in [0.25, 0.3) is 5.91 Å². The molecule has 2 heterocycles. The van der Waals surface area contributed by atoms with Gasteiger partial charge in [0.1, 0.15) is 4.88 Å². The van der Waals surface area contributed by atoms with Gasteiger partial charge in [-0.25, -0.2) is 4.98 Å². The highest BCUT2D eigenvalue weighted by atomic mass is 32.1. The lowest BCUT2D eigenvalue weighted by molar-refractivity contribution is 0.0939. The molecule has 0 radical (unpaired) electrons. The van der Waals surface area contributed by atoms with Crippen molar-refractivity contribution in [2.75, 3.05) is 13.1 Å². The molecule has 1 atom stereocenters. The number of carbonyl (C=O) groups excluding carboxylic acids is 1. The molecule has 3 rings (SSSR count). The minimum Gasteiger partial charge on any atom is -0.347 e. The lowest BCUT2D eigenvalue weighted by Gasteiger charge is -2.26. The van der Waals surface area contributed by atoms with E-state index in [1.165, 1.54) is 38.5 Å². The number of thiazole rings is 1. The van der Waals surface area contributed by atoms with Gasteiger partial charge in [-0.1, -0.05) is 46.5 Å². The van der Waals surface area contributed by atoms with Crippen LogP contribution in [0.2, 0.25) is 0 Å². The Morgan fingerprint density at radius 1 is 1.16 bits per heavy atom. The number of amides is 1. The maximum absolute atomic E-state index is 12.7. The van der Waals surface area contributed by atoms with Crippen LogP contribution in [0.25, 0.3) is 0 Å². The third-order valence-electron chi connectivity index (χ3n) is 5.54. The molecule has 5 heteroatoms. The van der Waals surface area contributed by atoms with Crippen molar-refractivity contribution in [3.8, 4) is 0 Å². The van der Waals surface area contributed by atoms with Gasteiger partial charge in [0, 0.05) is 30.6 Å². The normalized spacial score (nSPS) is 23.6. The van der Waals surface area contributed by atoms with Gasteiger partial charge in [0.15, 0.2) is 0 Å². The molecule has 25 heavy (non-hydrogen) atoms. The number of carbonyl (C=O) groups is 1. The first-order valence-electron chi connectivity index (χ1n) is 9.87. The summed E-state index contributed by atoms with van der Waals surface area (Å²) >= 11 is 1.55. The highest BCUT2D eigenvalue weighted by molar-refractivity contribution is 7.14. The topological polar surface area (TPSA) is 45.2 Å². The molecule has 0 unspecified atom stereocenters. The highest BCUT2D eigenvalue weighted by Gasteiger charge is 2.30. The van der Waals surface area contributed by atoms with Crippen molar-refractivity contribution < 1.29 is 4.79 Å². The third kappa shape index (κ3) is 4.62. The first kappa shape index (κ1) is 18.8. The Labute approximate surface area is 156 Å². The molecule has 1 amide bonds. The summed E-state index contributed by atoms with van der Waals surface area (Å²) in [6.07, 6.45) is 9.28. The number of likely N-dealkylation sites (tertiary alicyclic amines) is 1. The number of aryl methyl sites for hydroxylation is 1. The zero-order chi connectivity index (χ0) is 18.0. The van der Waals surface area contributed by atoms with Crippen LogP contribution in [0.1, 0.15) is 86.1 Å². The second kappa shape index (κ2) is 7.75. The molecule has 1 aromatic heterocycles. The standard InChI is InChI=1S/C20H33N3OS/c1-14-17(25-19(21-14)20(2,3)4)18(24)22-15-11-12-23(13-15)16-9-7-5-6-8-10-16/h15-16H,5-13H2,1-4H3,(H,22,24)/t15-/m1/s1. The first-order chi connectivity index (χ1) is 11.8. The summed E-state index contributed by atoms with van der Waals surface area (Å²) in [6, 6.07) is 1.03. The lowest BCUT2D eigenvalue weighted by atomic mass is 9.98. The van der Waals surface area contributed by atoms with E-state index in [9.17, 15) is 4.79 Å². The van der Waals surface area contributed by atoms with Gasteiger partial charge in [-0.05, 0) is 26.2 Å². The Balaban J connectivity index is 1.58. The molecule has 0 spiro atoms. The van der Waals surface area contributed by atoms with Crippen LogP contribution in [0, 0.1) is 6.92 Å². The molecule has 1 aromatic rings. The van der Waals surface area contributed by atoms with Crippen molar-refractivity contribution in [3.05, 3.63) is 15.6 Å². The van der Waals surface area contributed by atoms with E-state index in [0.29, 0.717) is 0 Å². The van der Waals surface area contributed by atoms with Gasteiger partial charge in [-0.3, -0.25) is 9.69 Å². The summed E-state index contributed by atoms with van der Waals surface area (Å²) in [5, 5.41) is 4.32. The smallest absolute Gasteiger partial charge is 0.263 e. The Morgan fingerprint density at radius 3 is 2.44 bits per heavy atom. The van der Waals surface area contributed by atoms with Crippen LogP contribution < -0.4 is 5.32 Å². The fraction of sp³-hybridized carbons (Fsp3) is 0.800. The van der Waals surface area contributed by atoms with E-state index < -0.39 is 0 Å². The van der Waals surface area contributed by atoms with E-state index in [-0.39, 0.29) is 17.4 Å². The Kier molecular flexibility index (Phi) is 5.84. The number of hydrogen-bond acceptors (Lipinski definition) is 4. The predicted octanol–water partition coefficient (Wildman–Crippen LogP) is 4.28. The zero-order valence-electron chi connectivity index (χ0n) is 16.2.